The predicted molar refractivity (Wildman–Crippen MR) is 91.5 cm³/mol. The fraction of sp³-hybridized carbons (Fsp3) is 0.133. The van der Waals surface area contributed by atoms with Crippen LogP contribution in [0.1, 0.15) is 0 Å². The zero-order chi connectivity index (χ0) is 17.3. The first-order valence-electron chi connectivity index (χ1n) is 6.87. The second-order valence-corrected chi connectivity index (χ2v) is 7.09. The lowest BCUT2D eigenvalue weighted by Gasteiger charge is -2.10. The lowest BCUT2D eigenvalue weighted by molar-refractivity contribution is 0.294. The minimum absolute atomic E-state index is 0.129. The molecular formula is C15H12Cl2N2O4S. The van der Waals surface area contributed by atoms with E-state index in [-0.39, 0.29) is 13.2 Å². The molecule has 0 bridgehead atoms. The monoisotopic (exact) mass is 386 g/mol. The van der Waals surface area contributed by atoms with Crippen LogP contribution in [0.4, 0.5) is 0 Å². The topological polar surface area (TPSA) is 81.4 Å². The Labute approximate surface area is 148 Å². The maximum absolute atomic E-state index is 11.5. The first kappa shape index (κ1) is 17.0. The van der Waals surface area contributed by atoms with Gasteiger partial charge in [0.1, 0.15) is 12.4 Å². The molecular weight excluding hydrogens is 375 g/mol. The van der Waals surface area contributed by atoms with Crippen LogP contribution >= 0.6 is 23.2 Å². The van der Waals surface area contributed by atoms with Crippen LogP contribution in [-0.4, -0.2) is 29.1 Å². The molecule has 0 aliphatic rings. The summed E-state index contributed by atoms with van der Waals surface area (Å²) < 4.78 is 39.4. The number of fused-ring (bicyclic) bond motifs is 1. The van der Waals surface area contributed by atoms with Gasteiger partial charge in [0.05, 0.1) is 22.6 Å². The number of ether oxygens (including phenoxy) is 1. The van der Waals surface area contributed by atoms with E-state index in [1.54, 1.807) is 42.5 Å². The molecule has 0 atom stereocenters. The van der Waals surface area contributed by atoms with Gasteiger partial charge in [0.15, 0.2) is 0 Å². The van der Waals surface area contributed by atoms with Crippen LogP contribution in [0.25, 0.3) is 11.0 Å². The third-order valence-corrected chi connectivity index (χ3v) is 4.62. The number of nitrogens with zero attached hydrogens (tertiary/aromatic N) is 2. The van der Waals surface area contributed by atoms with E-state index in [0.29, 0.717) is 26.8 Å². The second kappa shape index (κ2) is 6.60. The van der Waals surface area contributed by atoms with E-state index in [4.69, 9.17) is 27.9 Å². The highest BCUT2D eigenvalue weighted by Crippen LogP contribution is 2.27. The molecule has 0 aliphatic heterocycles. The highest BCUT2D eigenvalue weighted by atomic mass is 35.5. The van der Waals surface area contributed by atoms with Crippen LogP contribution < -0.4 is 4.74 Å². The molecule has 0 saturated carbocycles. The molecule has 0 spiro atoms. The van der Waals surface area contributed by atoms with Crippen LogP contribution in [0.15, 0.2) is 47.6 Å². The Morgan fingerprint density at radius 2 is 1.92 bits per heavy atom. The average molecular weight is 387 g/mol. The molecule has 24 heavy (non-hydrogen) atoms. The zero-order valence-electron chi connectivity index (χ0n) is 12.2. The Hall–Kier alpha value is -1.80. The fourth-order valence-electron chi connectivity index (χ4n) is 2.31. The third-order valence-electron chi connectivity index (χ3n) is 3.32. The molecule has 3 aromatic rings. The Balaban J connectivity index is 1.87. The van der Waals surface area contributed by atoms with E-state index in [0.717, 1.165) is 0 Å². The Morgan fingerprint density at radius 1 is 1.17 bits per heavy atom. The van der Waals surface area contributed by atoms with Crippen LogP contribution in [0.2, 0.25) is 10.0 Å². The van der Waals surface area contributed by atoms with Crippen molar-refractivity contribution in [1.82, 2.24) is 9.55 Å². The third kappa shape index (κ3) is 3.49. The van der Waals surface area contributed by atoms with Crippen LogP contribution in [-0.2, 0) is 16.7 Å². The van der Waals surface area contributed by atoms with Crippen molar-refractivity contribution in [3.63, 3.8) is 0 Å². The SMILES string of the molecule is O=S(=O)(O)c1nc2ccccc2n1CCOc1ccc(Cl)cc1Cl. The molecule has 0 amide bonds. The lowest BCUT2D eigenvalue weighted by atomic mass is 10.3. The number of halogens is 2. The number of hydrogen-bond donors (Lipinski definition) is 1. The summed E-state index contributed by atoms with van der Waals surface area (Å²) in [5.74, 6) is 0.430. The quantitative estimate of drug-likeness (QED) is 0.676. The summed E-state index contributed by atoms with van der Waals surface area (Å²) in [6, 6.07) is 11.7. The first-order valence-corrected chi connectivity index (χ1v) is 9.06. The number of rotatable bonds is 5. The molecule has 1 N–H and O–H groups in total. The van der Waals surface area contributed by atoms with Crippen LogP contribution in [0.5, 0.6) is 5.75 Å². The molecule has 1 heterocycles. The maximum Gasteiger partial charge on any atom is 0.328 e. The highest BCUT2D eigenvalue weighted by molar-refractivity contribution is 7.85. The molecule has 3 rings (SSSR count). The molecule has 0 saturated heterocycles. The number of hydrogen-bond acceptors (Lipinski definition) is 4. The van der Waals surface area contributed by atoms with Crippen molar-refractivity contribution in [2.75, 3.05) is 6.61 Å². The fourth-order valence-corrected chi connectivity index (χ4v) is 3.45. The second-order valence-electron chi connectivity index (χ2n) is 4.93. The molecule has 0 radical (unpaired) electrons. The highest BCUT2D eigenvalue weighted by Gasteiger charge is 2.21. The van der Waals surface area contributed by atoms with Gasteiger partial charge in [-0.1, -0.05) is 35.3 Å². The maximum atomic E-state index is 11.5. The zero-order valence-corrected chi connectivity index (χ0v) is 14.5. The molecule has 1 aromatic heterocycles. The molecule has 9 heteroatoms. The summed E-state index contributed by atoms with van der Waals surface area (Å²) in [5, 5.41) is 0.420. The van der Waals surface area contributed by atoms with Gasteiger partial charge in [-0.3, -0.25) is 4.55 Å². The smallest absolute Gasteiger partial charge is 0.328 e. The Morgan fingerprint density at radius 3 is 2.62 bits per heavy atom. The average Bonchev–Trinajstić information content (AvgIpc) is 2.89. The van der Waals surface area contributed by atoms with Gasteiger partial charge in [0.25, 0.3) is 5.16 Å². The van der Waals surface area contributed by atoms with Crippen LogP contribution in [0, 0.1) is 0 Å². The minimum Gasteiger partial charge on any atom is -0.490 e. The van der Waals surface area contributed by atoms with Gasteiger partial charge in [0, 0.05) is 5.02 Å². The normalized spacial score (nSPS) is 11.8. The summed E-state index contributed by atoms with van der Waals surface area (Å²) in [4.78, 5) is 3.96. The van der Waals surface area contributed by atoms with E-state index in [9.17, 15) is 13.0 Å². The van der Waals surface area contributed by atoms with E-state index in [2.05, 4.69) is 4.98 Å². The lowest BCUT2D eigenvalue weighted by Crippen LogP contribution is -2.14. The molecule has 2 aromatic carbocycles. The van der Waals surface area contributed by atoms with Crippen molar-refractivity contribution in [2.45, 2.75) is 11.7 Å². The summed E-state index contributed by atoms with van der Waals surface area (Å²) in [5.41, 5.74) is 1.05. The summed E-state index contributed by atoms with van der Waals surface area (Å²) in [6.45, 7) is 0.290. The van der Waals surface area contributed by atoms with Gasteiger partial charge in [0.2, 0.25) is 0 Å². The minimum atomic E-state index is -4.45. The van der Waals surface area contributed by atoms with E-state index < -0.39 is 15.3 Å². The van der Waals surface area contributed by atoms with Crippen LogP contribution in [0.3, 0.4) is 0 Å². The number of benzene rings is 2. The summed E-state index contributed by atoms with van der Waals surface area (Å²) in [6.07, 6.45) is 0. The molecule has 0 unspecified atom stereocenters. The van der Waals surface area contributed by atoms with Crippen molar-refractivity contribution in [3.05, 3.63) is 52.5 Å². The van der Waals surface area contributed by atoms with Crippen molar-refractivity contribution < 1.29 is 17.7 Å². The largest absolute Gasteiger partial charge is 0.490 e. The summed E-state index contributed by atoms with van der Waals surface area (Å²) in [7, 11) is -4.45. The van der Waals surface area contributed by atoms with Gasteiger partial charge in [-0.15, -0.1) is 0 Å². The predicted octanol–water partition coefficient (Wildman–Crippen LogP) is 3.67. The Kier molecular flexibility index (Phi) is 4.69. The van der Waals surface area contributed by atoms with E-state index in [1.165, 1.54) is 4.57 Å². The van der Waals surface area contributed by atoms with Gasteiger partial charge in [-0.05, 0) is 30.3 Å². The first-order chi connectivity index (χ1) is 11.4. The van der Waals surface area contributed by atoms with Crippen molar-refractivity contribution in [3.8, 4) is 5.75 Å². The molecule has 0 fully saturated rings. The Bertz CT molecular complexity index is 1000. The number of para-hydroxylation sites is 2. The van der Waals surface area contributed by atoms with Gasteiger partial charge < -0.3 is 9.30 Å². The molecule has 6 nitrogen and oxygen atoms in total. The van der Waals surface area contributed by atoms with Gasteiger partial charge in [-0.25, -0.2) is 4.98 Å². The van der Waals surface area contributed by atoms with Crippen molar-refractivity contribution in [1.29, 1.82) is 0 Å². The van der Waals surface area contributed by atoms with E-state index >= 15 is 0 Å². The summed E-state index contributed by atoms with van der Waals surface area (Å²) >= 11 is 11.8. The van der Waals surface area contributed by atoms with Crippen molar-refractivity contribution >= 4 is 44.4 Å². The number of aromatic nitrogens is 2. The van der Waals surface area contributed by atoms with Crippen molar-refractivity contribution in [2.24, 2.45) is 0 Å². The molecule has 126 valence electrons. The van der Waals surface area contributed by atoms with E-state index in [1.807, 2.05) is 0 Å². The standard InChI is InChI=1S/C15H12Cl2N2O4S/c16-10-5-6-14(11(17)9-10)23-8-7-19-13-4-2-1-3-12(13)18-15(19)24(20,21)22/h1-6,9H,7-8H2,(H,20,21,22). The van der Waals surface area contributed by atoms with Gasteiger partial charge >= 0.3 is 10.1 Å². The number of imidazole rings is 1. The molecule has 0 aliphatic carbocycles. The van der Waals surface area contributed by atoms with Gasteiger partial charge in [-0.2, -0.15) is 8.42 Å².